The fraction of sp³-hybridized carbons (Fsp3) is 0.235. The zero-order valence-corrected chi connectivity index (χ0v) is 13.5. The molecule has 0 saturated heterocycles. The zero-order chi connectivity index (χ0) is 16.9. The van der Waals surface area contributed by atoms with Gasteiger partial charge in [0.15, 0.2) is 5.82 Å². The molecule has 1 aromatic carbocycles. The molecule has 0 amide bonds. The van der Waals surface area contributed by atoms with E-state index < -0.39 is 0 Å². The van der Waals surface area contributed by atoms with E-state index in [1.54, 1.807) is 28.8 Å². The van der Waals surface area contributed by atoms with E-state index in [0.717, 1.165) is 11.3 Å². The third-order valence-electron chi connectivity index (χ3n) is 3.47. The van der Waals surface area contributed by atoms with Crippen LogP contribution < -0.4 is 10.1 Å². The summed E-state index contributed by atoms with van der Waals surface area (Å²) in [5, 5.41) is 7.43. The minimum atomic E-state index is -0.386. The van der Waals surface area contributed by atoms with Crippen molar-refractivity contribution in [2.24, 2.45) is 0 Å². The number of methoxy groups -OCH3 is 1. The van der Waals surface area contributed by atoms with Crippen molar-refractivity contribution in [2.45, 2.75) is 13.0 Å². The first kappa shape index (κ1) is 15.8. The molecule has 124 valence electrons. The van der Waals surface area contributed by atoms with Crippen LogP contribution >= 0.6 is 0 Å². The Morgan fingerprint density at radius 3 is 3.04 bits per heavy atom. The van der Waals surface area contributed by atoms with Crippen LogP contribution in [0.5, 0.6) is 5.75 Å². The largest absolute Gasteiger partial charge is 0.491 e. The molecule has 0 aliphatic rings. The van der Waals surface area contributed by atoms with E-state index in [1.165, 1.54) is 13.4 Å². The highest BCUT2D eigenvalue weighted by atomic mass is 16.5. The number of carbonyl (C=O) groups is 1. The van der Waals surface area contributed by atoms with Crippen molar-refractivity contribution in [1.82, 2.24) is 14.6 Å². The molecule has 0 radical (unpaired) electrons. The van der Waals surface area contributed by atoms with E-state index >= 15 is 0 Å². The Labute approximate surface area is 139 Å². The van der Waals surface area contributed by atoms with Gasteiger partial charge >= 0.3 is 5.97 Å². The summed E-state index contributed by atoms with van der Waals surface area (Å²) in [6.07, 6.45) is 3.37. The Bertz CT molecular complexity index is 846. The fourth-order valence-electron chi connectivity index (χ4n) is 2.30. The summed E-state index contributed by atoms with van der Waals surface area (Å²) in [4.78, 5) is 15.8. The van der Waals surface area contributed by atoms with Gasteiger partial charge in [0, 0.05) is 6.20 Å². The number of nitrogens with one attached hydrogen (secondary N) is 1. The highest BCUT2D eigenvalue weighted by Crippen LogP contribution is 2.16. The number of fused-ring (bicyclic) bond motifs is 1. The Hall–Kier alpha value is -3.09. The lowest BCUT2D eigenvalue weighted by atomic mass is 10.2. The predicted octanol–water partition coefficient (Wildman–Crippen LogP) is 2.40. The fourth-order valence-corrected chi connectivity index (χ4v) is 2.30. The minimum absolute atomic E-state index is 0.0142. The number of benzene rings is 1. The van der Waals surface area contributed by atoms with Gasteiger partial charge in [0.1, 0.15) is 24.2 Å². The van der Waals surface area contributed by atoms with Crippen molar-refractivity contribution < 1.29 is 14.3 Å². The zero-order valence-electron chi connectivity index (χ0n) is 13.5. The topological polar surface area (TPSA) is 77.8 Å². The van der Waals surface area contributed by atoms with Gasteiger partial charge in [0.05, 0.1) is 18.7 Å². The van der Waals surface area contributed by atoms with E-state index in [4.69, 9.17) is 9.47 Å². The smallest absolute Gasteiger partial charge is 0.337 e. The maximum absolute atomic E-state index is 11.5. The van der Waals surface area contributed by atoms with E-state index in [-0.39, 0.29) is 12.0 Å². The molecule has 0 bridgehead atoms. The van der Waals surface area contributed by atoms with Crippen LogP contribution in [0.15, 0.2) is 48.9 Å². The van der Waals surface area contributed by atoms with Gasteiger partial charge in [-0.05, 0) is 37.3 Å². The van der Waals surface area contributed by atoms with Gasteiger partial charge in [-0.2, -0.15) is 5.10 Å². The van der Waals surface area contributed by atoms with Crippen LogP contribution in [-0.4, -0.2) is 40.3 Å². The summed E-state index contributed by atoms with van der Waals surface area (Å²) in [5.41, 5.74) is 1.36. The Kier molecular flexibility index (Phi) is 4.60. The van der Waals surface area contributed by atoms with Gasteiger partial charge in [-0.15, -0.1) is 0 Å². The minimum Gasteiger partial charge on any atom is -0.491 e. The van der Waals surface area contributed by atoms with E-state index in [0.29, 0.717) is 17.9 Å². The third kappa shape index (κ3) is 3.45. The summed E-state index contributed by atoms with van der Waals surface area (Å²) < 4.78 is 12.2. The van der Waals surface area contributed by atoms with E-state index in [1.807, 2.05) is 25.3 Å². The van der Waals surface area contributed by atoms with E-state index in [2.05, 4.69) is 15.4 Å². The number of carbonyl (C=O) groups excluding carboxylic acids is 1. The number of aromatic nitrogens is 3. The van der Waals surface area contributed by atoms with Crippen molar-refractivity contribution in [2.75, 3.05) is 19.0 Å². The summed E-state index contributed by atoms with van der Waals surface area (Å²) in [6.45, 7) is 2.41. The predicted molar refractivity (Wildman–Crippen MR) is 89.3 cm³/mol. The van der Waals surface area contributed by atoms with Gasteiger partial charge in [-0.1, -0.05) is 6.07 Å². The van der Waals surface area contributed by atoms with Crippen LogP contribution in [0.4, 0.5) is 5.82 Å². The lowest BCUT2D eigenvalue weighted by Crippen LogP contribution is -2.24. The van der Waals surface area contributed by atoms with Gasteiger partial charge in [0.2, 0.25) is 0 Å². The molecule has 1 unspecified atom stereocenters. The summed E-state index contributed by atoms with van der Waals surface area (Å²) in [7, 11) is 1.35. The average molecular weight is 326 g/mol. The first-order valence-corrected chi connectivity index (χ1v) is 7.53. The molecule has 7 nitrogen and oxygen atoms in total. The molecule has 2 aromatic heterocycles. The molecule has 0 aliphatic heterocycles. The molecule has 3 aromatic rings. The van der Waals surface area contributed by atoms with Gasteiger partial charge in [-0.25, -0.2) is 14.3 Å². The van der Waals surface area contributed by atoms with E-state index in [9.17, 15) is 4.79 Å². The standard InChI is InChI=1S/C17H18N4O3/c1-12(20-16-15-7-4-8-21(15)19-11-18-16)10-24-14-6-3-5-13(9-14)17(22)23-2/h3-9,11-12H,10H2,1-2H3,(H,18,19,20). The molecule has 0 aliphatic carbocycles. The van der Waals surface area contributed by atoms with Crippen molar-refractivity contribution in [3.8, 4) is 5.75 Å². The normalized spacial score (nSPS) is 11.9. The average Bonchev–Trinajstić information content (AvgIpc) is 3.09. The van der Waals surface area contributed by atoms with Crippen LogP contribution in [0.3, 0.4) is 0 Å². The Balaban J connectivity index is 1.62. The number of hydrogen-bond acceptors (Lipinski definition) is 6. The second-order valence-corrected chi connectivity index (χ2v) is 5.32. The lowest BCUT2D eigenvalue weighted by molar-refractivity contribution is 0.0600. The Morgan fingerprint density at radius 1 is 1.33 bits per heavy atom. The maximum Gasteiger partial charge on any atom is 0.337 e. The van der Waals surface area contributed by atoms with Crippen LogP contribution in [0.1, 0.15) is 17.3 Å². The van der Waals surface area contributed by atoms with Gasteiger partial charge in [-0.3, -0.25) is 0 Å². The molecule has 0 spiro atoms. The number of anilines is 1. The van der Waals surface area contributed by atoms with Crippen LogP contribution in [0.25, 0.3) is 5.52 Å². The van der Waals surface area contributed by atoms with Crippen LogP contribution in [0, 0.1) is 0 Å². The van der Waals surface area contributed by atoms with Crippen molar-refractivity contribution in [1.29, 1.82) is 0 Å². The van der Waals surface area contributed by atoms with Crippen LogP contribution in [0.2, 0.25) is 0 Å². The molecular formula is C17H18N4O3. The maximum atomic E-state index is 11.5. The first-order valence-electron chi connectivity index (χ1n) is 7.53. The molecule has 2 heterocycles. The highest BCUT2D eigenvalue weighted by molar-refractivity contribution is 5.89. The number of esters is 1. The third-order valence-corrected chi connectivity index (χ3v) is 3.47. The summed E-state index contributed by atoms with van der Waals surface area (Å²) in [6, 6.07) is 10.8. The van der Waals surface area contributed by atoms with Gasteiger partial charge < -0.3 is 14.8 Å². The SMILES string of the molecule is COC(=O)c1cccc(OCC(C)Nc2ncnn3cccc23)c1. The highest BCUT2D eigenvalue weighted by Gasteiger charge is 2.10. The monoisotopic (exact) mass is 326 g/mol. The van der Waals surface area contributed by atoms with Crippen molar-refractivity contribution in [3.63, 3.8) is 0 Å². The molecule has 0 saturated carbocycles. The van der Waals surface area contributed by atoms with Crippen LogP contribution in [-0.2, 0) is 4.74 Å². The first-order chi connectivity index (χ1) is 11.7. The molecule has 1 N–H and O–H groups in total. The second-order valence-electron chi connectivity index (χ2n) is 5.32. The molecule has 1 atom stereocenters. The Morgan fingerprint density at radius 2 is 2.21 bits per heavy atom. The number of ether oxygens (including phenoxy) is 2. The molecule has 7 heteroatoms. The number of nitrogens with zero attached hydrogens (tertiary/aromatic N) is 3. The van der Waals surface area contributed by atoms with Crippen molar-refractivity contribution in [3.05, 3.63) is 54.5 Å². The molecule has 0 fully saturated rings. The summed E-state index contributed by atoms with van der Waals surface area (Å²) in [5.74, 6) is 0.972. The molecule has 3 rings (SSSR count). The summed E-state index contributed by atoms with van der Waals surface area (Å²) >= 11 is 0. The van der Waals surface area contributed by atoms with Gasteiger partial charge in [0.25, 0.3) is 0 Å². The number of hydrogen-bond donors (Lipinski definition) is 1. The second kappa shape index (κ2) is 6.99. The lowest BCUT2D eigenvalue weighted by Gasteiger charge is -2.16. The van der Waals surface area contributed by atoms with Crippen molar-refractivity contribution >= 4 is 17.3 Å². The quantitative estimate of drug-likeness (QED) is 0.701. The number of rotatable bonds is 6. The molecular weight excluding hydrogens is 308 g/mol. The molecule has 24 heavy (non-hydrogen) atoms.